The van der Waals surface area contributed by atoms with Crippen LogP contribution in [-0.4, -0.2) is 23.7 Å². The normalized spacial score (nSPS) is 10.4. The van der Waals surface area contributed by atoms with E-state index in [0.29, 0.717) is 5.92 Å². The first kappa shape index (κ1) is 11.5. The van der Waals surface area contributed by atoms with Crippen molar-refractivity contribution in [1.82, 2.24) is 10.6 Å². The molecule has 0 unspecified atom stereocenters. The molecule has 0 saturated heterocycles. The van der Waals surface area contributed by atoms with Gasteiger partial charge in [-0.15, -0.1) is 0 Å². The Morgan fingerprint density at radius 2 is 2.08 bits per heavy atom. The second-order valence-corrected chi connectivity index (χ2v) is 2.82. The van der Waals surface area contributed by atoms with Gasteiger partial charge in [0.15, 0.2) is 0 Å². The summed E-state index contributed by atoms with van der Waals surface area (Å²) in [6, 6.07) is -0.515. The SMILES string of the molecule is CC(C)/C=C/NC(=O)NCC(=O)O. The minimum atomic E-state index is -1.07. The van der Waals surface area contributed by atoms with Gasteiger partial charge in [-0.1, -0.05) is 19.9 Å². The van der Waals surface area contributed by atoms with Crippen LogP contribution < -0.4 is 10.6 Å². The molecule has 0 aromatic heterocycles. The first-order valence-corrected chi connectivity index (χ1v) is 3.95. The average molecular weight is 186 g/mol. The molecule has 0 atom stereocenters. The second-order valence-electron chi connectivity index (χ2n) is 2.82. The molecular weight excluding hydrogens is 172 g/mol. The van der Waals surface area contributed by atoms with E-state index in [2.05, 4.69) is 10.6 Å². The quantitative estimate of drug-likeness (QED) is 0.599. The third kappa shape index (κ3) is 8.39. The fourth-order valence-corrected chi connectivity index (χ4v) is 0.523. The number of hydrogen-bond donors (Lipinski definition) is 3. The highest BCUT2D eigenvalue weighted by Crippen LogP contribution is 1.90. The van der Waals surface area contributed by atoms with Gasteiger partial charge in [0.25, 0.3) is 0 Å². The van der Waals surface area contributed by atoms with Gasteiger partial charge < -0.3 is 15.7 Å². The van der Waals surface area contributed by atoms with Crippen LogP contribution in [0.3, 0.4) is 0 Å². The summed E-state index contributed by atoms with van der Waals surface area (Å²) < 4.78 is 0. The van der Waals surface area contributed by atoms with E-state index < -0.39 is 12.0 Å². The summed E-state index contributed by atoms with van der Waals surface area (Å²) in [7, 11) is 0. The Bertz CT molecular complexity index is 211. The molecule has 0 spiro atoms. The summed E-state index contributed by atoms with van der Waals surface area (Å²) in [5.41, 5.74) is 0. The number of rotatable bonds is 4. The van der Waals surface area contributed by atoms with Crippen LogP contribution in [0.2, 0.25) is 0 Å². The number of carbonyl (C=O) groups excluding carboxylic acids is 1. The number of urea groups is 1. The lowest BCUT2D eigenvalue weighted by Gasteiger charge is -2.00. The van der Waals surface area contributed by atoms with Crippen molar-refractivity contribution in [2.75, 3.05) is 6.54 Å². The number of carbonyl (C=O) groups is 2. The largest absolute Gasteiger partial charge is 0.480 e. The van der Waals surface area contributed by atoms with Crippen LogP contribution in [0.4, 0.5) is 4.79 Å². The van der Waals surface area contributed by atoms with E-state index in [9.17, 15) is 9.59 Å². The van der Waals surface area contributed by atoms with Crippen molar-refractivity contribution in [2.45, 2.75) is 13.8 Å². The average Bonchev–Trinajstić information content (AvgIpc) is 2.00. The van der Waals surface area contributed by atoms with Crippen molar-refractivity contribution in [1.29, 1.82) is 0 Å². The topological polar surface area (TPSA) is 78.4 Å². The van der Waals surface area contributed by atoms with E-state index in [1.54, 1.807) is 6.08 Å². The van der Waals surface area contributed by atoms with Crippen LogP contribution in [0.1, 0.15) is 13.8 Å². The molecule has 0 heterocycles. The zero-order chi connectivity index (χ0) is 10.3. The summed E-state index contributed by atoms with van der Waals surface area (Å²) in [4.78, 5) is 20.8. The number of aliphatic carboxylic acids is 1. The Labute approximate surface area is 76.8 Å². The molecule has 0 saturated carbocycles. The molecule has 13 heavy (non-hydrogen) atoms. The summed E-state index contributed by atoms with van der Waals surface area (Å²) in [6.07, 6.45) is 3.28. The van der Waals surface area contributed by atoms with Crippen LogP contribution in [0, 0.1) is 5.92 Å². The second kappa shape index (κ2) is 6.05. The van der Waals surface area contributed by atoms with E-state index in [0.717, 1.165) is 0 Å². The minimum absolute atomic E-state index is 0.347. The smallest absolute Gasteiger partial charge is 0.323 e. The van der Waals surface area contributed by atoms with E-state index in [-0.39, 0.29) is 6.54 Å². The van der Waals surface area contributed by atoms with Gasteiger partial charge in [0.05, 0.1) is 0 Å². The molecule has 3 N–H and O–H groups in total. The third-order valence-corrected chi connectivity index (χ3v) is 1.10. The minimum Gasteiger partial charge on any atom is -0.480 e. The van der Waals surface area contributed by atoms with E-state index >= 15 is 0 Å². The third-order valence-electron chi connectivity index (χ3n) is 1.10. The highest BCUT2D eigenvalue weighted by molar-refractivity contribution is 5.80. The molecule has 0 rings (SSSR count). The number of carboxylic acid groups (broad SMARTS) is 1. The van der Waals surface area contributed by atoms with Gasteiger partial charge in [0.1, 0.15) is 6.54 Å². The number of hydrogen-bond acceptors (Lipinski definition) is 2. The van der Waals surface area contributed by atoms with E-state index in [1.807, 2.05) is 13.8 Å². The van der Waals surface area contributed by atoms with Crippen LogP contribution >= 0.6 is 0 Å². The highest BCUT2D eigenvalue weighted by Gasteiger charge is 1.99. The number of allylic oxidation sites excluding steroid dienone is 1. The van der Waals surface area contributed by atoms with Gasteiger partial charge in [-0.25, -0.2) is 4.79 Å². The first-order chi connectivity index (χ1) is 6.02. The maximum atomic E-state index is 10.8. The molecule has 2 amide bonds. The fraction of sp³-hybridized carbons (Fsp3) is 0.500. The highest BCUT2D eigenvalue weighted by atomic mass is 16.4. The Morgan fingerprint density at radius 3 is 2.54 bits per heavy atom. The lowest BCUT2D eigenvalue weighted by molar-refractivity contribution is -0.135. The predicted octanol–water partition coefficient (Wildman–Crippen LogP) is 0.540. The zero-order valence-corrected chi connectivity index (χ0v) is 7.70. The fourth-order valence-electron chi connectivity index (χ4n) is 0.523. The summed E-state index contributed by atoms with van der Waals surface area (Å²) in [5, 5.41) is 12.7. The molecule has 0 aliphatic heterocycles. The number of amides is 2. The van der Waals surface area contributed by atoms with Crippen molar-refractivity contribution in [3.63, 3.8) is 0 Å². The van der Waals surface area contributed by atoms with Crippen LogP contribution in [0.15, 0.2) is 12.3 Å². The lowest BCUT2D eigenvalue weighted by Crippen LogP contribution is -2.35. The number of nitrogens with one attached hydrogen (secondary N) is 2. The molecule has 0 aromatic rings. The molecule has 0 fully saturated rings. The molecule has 0 aromatic carbocycles. The van der Waals surface area contributed by atoms with Gasteiger partial charge in [0.2, 0.25) is 0 Å². The monoisotopic (exact) mass is 186 g/mol. The van der Waals surface area contributed by atoms with Gasteiger partial charge in [0, 0.05) is 6.20 Å². The van der Waals surface area contributed by atoms with Gasteiger partial charge >= 0.3 is 12.0 Å². The van der Waals surface area contributed by atoms with Crippen molar-refractivity contribution in [3.8, 4) is 0 Å². The Kier molecular flexibility index (Phi) is 5.34. The maximum Gasteiger partial charge on any atom is 0.323 e. The summed E-state index contributed by atoms with van der Waals surface area (Å²) in [6.45, 7) is 3.56. The van der Waals surface area contributed by atoms with Gasteiger partial charge in [-0.2, -0.15) is 0 Å². The van der Waals surface area contributed by atoms with Crippen molar-refractivity contribution < 1.29 is 14.7 Å². The molecule has 74 valence electrons. The summed E-state index contributed by atoms with van der Waals surface area (Å²) in [5.74, 6) is -0.720. The van der Waals surface area contributed by atoms with Gasteiger partial charge in [-0.05, 0) is 5.92 Å². The van der Waals surface area contributed by atoms with E-state index in [1.165, 1.54) is 6.20 Å². The van der Waals surface area contributed by atoms with Crippen LogP contribution in [0.25, 0.3) is 0 Å². The molecular formula is C8H14N2O3. The van der Waals surface area contributed by atoms with E-state index in [4.69, 9.17) is 5.11 Å². The first-order valence-electron chi connectivity index (χ1n) is 3.95. The van der Waals surface area contributed by atoms with Crippen molar-refractivity contribution >= 4 is 12.0 Å². The predicted molar refractivity (Wildman–Crippen MR) is 48.1 cm³/mol. The maximum absolute atomic E-state index is 10.8. The zero-order valence-electron chi connectivity index (χ0n) is 7.70. The van der Waals surface area contributed by atoms with Crippen LogP contribution in [-0.2, 0) is 4.79 Å². The number of carboxylic acids is 1. The molecule has 5 heteroatoms. The van der Waals surface area contributed by atoms with Gasteiger partial charge in [-0.3, -0.25) is 4.79 Å². The molecule has 0 radical (unpaired) electrons. The molecule has 0 aliphatic carbocycles. The van der Waals surface area contributed by atoms with Crippen molar-refractivity contribution in [2.24, 2.45) is 5.92 Å². The standard InChI is InChI=1S/C8H14N2O3/c1-6(2)3-4-9-8(13)10-5-7(11)12/h3-4,6H,5H2,1-2H3,(H,11,12)(H2,9,10,13)/b4-3+. The summed E-state index contributed by atoms with van der Waals surface area (Å²) >= 11 is 0. The van der Waals surface area contributed by atoms with Crippen LogP contribution in [0.5, 0.6) is 0 Å². The Balaban J connectivity index is 3.57. The molecule has 0 aliphatic rings. The molecule has 0 bridgehead atoms. The molecule has 5 nitrogen and oxygen atoms in total. The lowest BCUT2D eigenvalue weighted by atomic mass is 10.2. The van der Waals surface area contributed by atoms with Crippen molar-refractivity contribution in [3.05, 3.63) is 12.3 Å². The Hall–Kier alpha value is -1.52. The Morgan fingerprint density at radius 1 is 1.46 bits per heavy atom.